The van der Waals surface area contributed by atoms with Gasteiger partial charge in [0.1, 0.15) is 0 Å². The highest BCUT2D eigenvalue weighted by Gasteiger charge is 2.20. The maximum Gasteiger partial charge on any atom is 0.305 e. The number of amides is 1. The van der Waals surface area contributed by atoms with Crippen molar-refractivity contribution < 1.29 is 24.5 Å². The van der Waals surface area contributed by atoms with E-state index in [4.69, 9.17) is 4.74 Å². The molecule has 0 aromatic rings. The number of nitrogens with one attached hydrogen (secondary N) is 1. The minimum Gasteiger partial charge on any atom is -0.466 e. The van der Waals surface area contributed by atoms with E-state index in [1.54, 1.807) is 0 Å². The van der Waals surface area contributed by atoms with E-state index < -0.39 is 12.1 Å². The van der Waals surface area contributed by atoms with Crippen LogP contribution in [0.25, 0.3) is 0 Å². The van der Waals surface area contributed by atoms with E-state index >= 15 is 0 Å². The highest BCUT2D eigenvalue weighted by molar-refractivity contribution is 5.76. The lowest BCUT2D eigenvalue weighted by Gasteiger charge is -2.22. The van der Waals surface area contributed by atoms with Crippen molar-refractivity contribution >= 4 is 11.9 Å². The van der Waals surface area contributed by atoms with Gasteiger partial charge in [0.25, 0.3) is 0 Å². The van der Waals surface area contributed by atoms with E-state index in [-0.39, 0.29) is 18.5 Å². The minimum atomic E-state index is -0.667. The number of carbonyl (C=O) groups is 2. The van der Waals surface area contributed by atoms with Crippen LogP contribution in [0, 0.1) is 0 Å². The molecule has 0 saturated carbocycles. The van der Waals surface area contributed by atoms with Gasteiger partial charge in [-0.05, 0) is 83.5 Å². The summed E-state index contributed by atoms with van der Waals surface area (Å²) in [4.78, 5) is 24.5. The molecule has 0 spiro atoms. The molecule has 2 atom stereocenters. The molecule has 3 N–H and O–H groups in total. The topological polar surface area (TPSA) is 95.9 Å². The van der Waals surface area contributed by atoms with Gasteiger partial charge in [-0.25, -0.2) is 0 Å². The minimum absolute atomic E-state index is 0.00100. The Morgan fingerprint density at radius 2 is 0.725 bits per heavy atom. The molecule has 69 heavy (non-hydrogen) atoms. The van der Waals surface area contributed by atoms with Crippen molar-refractivity contribution in [1.29, 1.82) is 0 Å². The third-order valence-corrected chi connectivity index (χ3v) is 14.2. The molecule has 0 heterocycles. The quantitative estimate of drug-likeness (QED) is 0.0321. The lowest BCUT2D eigenvalue weighted by molar-refractivity contribution is -0.143. The van der Waals surface area contributed by atoms with Crippen LogP contribution in [-0.4, -0.2) is 47.4 Å². The predicted octanol–water partition coefficient (Wildman–Crippen LogP) is 19.2. The highest BCUT2D eigenvalue weighted by Crippen LogP contribution is 2.17. The van der Waals surface area contributed by atoms with Crippen molar-refractivity contribution in [3.8, 4) is 0 Å². The first kappa shape index (κ1) is 67.1. The second kappa shape index (κ2) is 58.6. The zero-order chi connectivity index (χ0) is 50.0. The van der Waals surface area contributed by atoms with Crippen molar-refractivity contribution in [2.24, 2.45) is 0 Å². The summed E-state index contributed by atoms with van der Waals surface area (Å²) < 4.78 is 5.48. The summed E-state index contributed by atoms with van der Waals surface area (Å²) in [6, 6.07) is -0.545. The van der Waals surface area contributed by atoms with Crippen LogP contribution in [0.4, 0.5) is 0 Å². The van der Waals surface area contributed by atoms with Gasteiger partial charge in [-0.2, -0.15) is 0 Å². The smallest absolute Gasteiger partial charge is 0.305 e. The summed E-state index contributed by atoms with van der Waals surface area (Å²) in [6.07, 6.45) is 73.0. The average Bonchev–Trinajstić information content (AvgIpc) is 3.35. The number of hydrogen-bond acceptors (Lipinski definition) is 5. The molecule has 6 nitrogen and oxygen atoms in total. The summed E-state index contributed by atoms with van der Waals surface area (Å²) in [5.41, 5.74) is 0. The molecule has 0 aromatic heterocycles. The first-order valence-electron chi connectivity index (χ1n) is 30.7. The average molecular weight is 971 g/mol. The van der Waals surface area contributed by atoms with Crippen molar-refractivity contribution in [1.82, 2.24) is 5.32 Å². The normalized spacial score (nSPS) is 12.8. The second-order valence-electron chi connectivity index (χ2n) is 21.0. The molecule has 0 bridgehead atoms. The molecule has 0 saturated heterocycles. The van der Waals surface area contributed by atoms with Gasteiger partial charge < -0.3 is 20.3 Å². The van der Waals surface area contributed by atoms with Gasteiger partial charge in [-0.3, -0.25) is 9.59 Å². The van der Waals surface area contributed by atoms with Gasteiger partial charge in [-0.1, -0.05) is 269 Å². The number of hydrogen-bond donors (Lipinski definition) is 3. The van der Waals surface area contributed by atoms with Crippen molar-refractivity contribution in [2.75, 3.05) is 13.2 Å². The molecule has 0 aliphatic rings. The highest BCUT2D eigenvalue weighted by atomic mass is 16.5. The Hall–Kier alpha value is -1.92. The molecule has 2 unspecified atom stereocenters. The number of ether oxygens (including phenoxy) is 1. The summed E-state index contributed by atoms with van der Waals surface area (Å²) in [6.45, 7) is 4.94. The van der Waals surface area contributed by atoms with E-state index in [0.717, 1.165) is 51.4 Å². The Bertz CT molecular complexity index is 1120. The molecule has 0 rings (SSSR count). The largest absolute Gasteiger partial charge is 0.466 e. The fourth-order valence-corrected chi connectivity index (χ4v) is 9.43. The van der Waals surface area contributed by atoms with Crippen molar-refractivity contribution in [2.45, 2.75) is 341 Å². The van der Waals surface area contributed by atoms with Gasteiger partial charge in [0.05, 0.1) is 25.4 Å². The van der Waals surface area contributed by atoms with E-state index in [1.165, 1.54) is 244 Å². The fourth-order valence-electron chi connectivity index (χ4n) is 9.43. The van der Waals surface area contributed by atoms with Crippen molar-refractivity contribution in [3.63, 3.8) is 0 Å². The summed E-state index contributed by atoms with van der Waals surface area (Å²) in [5.74, 6) is -0.0403. The van der Waals surface area contributed by atoms with Gasteiger partial charge in [0, 0.05) is 12.8 Å². The molecule has 406 valence electrons. The Morgan fingerprint density at radius 1 is 0.406 bits per heavy atom. The number of aliphatic hydroxyl groups excluding tert-OH is 2. The molecule has 0 aromatic carbocycles. The van der Waals surface area contributed by atoms with Crippen LogP contribution >= 0.6 is 0 Å². The Labute approximate surface area is 430 Å². The van der Waals surface area contributed by atoms with Gasteiger partial charge in [-0.15, -0.1) is 0 Å². The van der Waals surface area contributed by atoms with Crippen molar-refractivity contribution in [3.05, 3.63) is 36.5 Å². The molecular weight excluding hydrogens is 851 g/mol. The zero-order valence-corrected chi connectivity index (χ0v) is 46.3. The molecule has 6 heteroatoms. The zero-order valence-electron chi connectivity index (χ0n) is 46.3. The lowest BCUT2D eigenvalue weighted by Crippen LogP contribution is -2.45. The summed E-state index contributed by atoms with van der Waals surface area (Å²) in [7, 11) is 0. The van der Waals surface area contributed by atoms with Gasteiger partial charge in [0.2, 0.25) is 5.91 Å². The third kappa shape index (κ3) is 55.2. The Morgan fingerprint density at radius 3 is 1.12 bits per heavy atom. The standard InChI is InChI=1S/C63H119NO5/c1-3-5-7-9-11-13-15-17-29-33-37-41-45-49-53-57-63(68)69-58-54-50-46-42-38-34-31-28-26-24-22-20-18-19-21-23-25-27-30-32-36-40-44-48-52-56-62(67)64-60(59-65)61(66)55-51-47-43-39-35-16-14-12-10-8-6-4-2/h17,19-22,29,60-61,65-66H,3-16,18,23-28,30-59H2,1-2H3,(H,64,67)/b21-19-,22-20-,29-17-. The Balaban J connectivity index is 3.42. The molecule has 1 amide bonds. The van der Waals surface area contributed by atoms with E-state index in [9.17, 15) is 19.8 Å². The molecule has 0 fully saturated rings. The van der Waals surface area contributed by atoms with Crippen LogP contribution in [0.15, 0.2) is 36.5 Å². The maximum atomic E-state index is 12.5. The fraction of sp³-hybridized carbons (Fsp3) is 0.873. The van der Waals surface area contributed by atoms with Crippen LogP contribution < -0.4 is 5.32 Å². The Kier molecular flexibility index (Phi) is 57.0. The first-order valence-corrected chi connectivity index (χ1v) is 30.7. The second-order valence-corrected chi connectivity index (χ2v) is 21.0. The summed E-state index contributed by atoms with van der Waals surface area (Å²) >= 11 is 0. The first-order chi connectivity index (χ1) is 34.0. The SMILES string of the molecule is CCCCCCCC/C=C\CCCCCCCC(=O)OCCCCCCCCCCC/C=C\C/C=C\CCCCCCCCCCCC(=O)NC(CO)C(O)CCCCCCCCCCCCCC. The monoisotopic (exact) mass is 970 g/mol. The number of esters is 1. The number of carbonyl (C=O) groups excluding carboxylic acids is 2. The lowest BCUT2D eigenvalue weighted by atomic mass is 10.0. The van der Waals surface area contributed by atoms with Crippen LogP contribution in [0.5, 0.6) is 0 Å². The molecule has 0 radical (unpaired) electrons. The van der Waals surface area contributed by atoms with Gasteiger partial charge >= 0.3 is 5.97 Å². The summed E-state index contributed by atoms with van der Waals surface area (Å²) in [5, 5.41) is 23.2. The van der Waals surface area contributed by atoms with Crippen LogP contribution in [-0.2, 0) is 14.3 Å². The molecular formula is C63H119NO5. The number of rotatable bonds is 57. The number of allylic oxidation sites excluding steroid dienone is 6. The van der Waals surface area contributed by atoms with E-state index in [2.05, 4.69) is 55.6 Å². The van der Waals surface area contributed by atoms with Gasteiger partial charge in [0.15, 0.2) is 0 Å². The van der Waals surface area contributed by atoms with E-state index in [1.807, 2.05) is 0 Å². The molecule has 0 aliphatic carbocycles. The van der Waals surface area contributed by atoms with Crippen LogP contribution in [0.2, 0.25) is 0 Å². The molecule has 0 aliphatic heterocycles. The number of unbranched alkanes of at least 4 members (excludes halogenated alkanes) is 40. The third-order valence-electron chi connectivity index (χ3n) is 14.2. The predicted molar refractivity (Wildman–Crippen MR) is 301 cm³/mol. The van der Waals surface area contributed by atoms with Crippen LogP contribution in [0.1, 0.15) is 328 Å². The van der Waals surface area contributed by atoms with E-state index in [0.29, 0.717) is 25.9 Å². The number of aliphatic hydroxyl groups is 2. The maximum absolute atomic E-state index is 12.5. The van der Waals surface area contributed by atoms with Crippen LogP contribution in [0.3, 0.4) is 0 Å².